The molecule has 248 valence electrons. The van der Waals surface area contributed by atoms with Gasteiger partial charge in [0.2, 0.25) is 11.8 Å². The van der Waals surface area contributed by atoms with Gasteiger partial charge in [0.25, 0.3) is 0 Å². The third-order valence-corrected chi connectivity index (χ3v) is 8.73. The molecule has 4 N–H and O–H groups in total. The summed E-state index contributed by atoms with van der Waals surface area (Å²) in [5.41, 5.74) is 1.03. The highest BCUT2D eigenvalue weighted by Crippen LogP contribution is 2.32. The molecule has 1 aromatic rings. The highest BCUT2D eigenvalue weighted by Gasteiger charge is 2.47. The van der Waals surface area contributed by atoms with E-state index < -0.39 is 60.7 Å². The summed E-state index contributed by atoms with van der Waals surface area (Å²) in [6.07, 6.45) is 1.31. The molecule has 2 fully saturated rings. The number of alkyl carbamates (subject to hydrolysis) is 1. The molecule has 1 saturated heterocycles. The number of nitrogens with one attached hydrogen (secondary N) is 2. The average Bonchev–Trinajstić information content (AvgIpc) is 3.55. The predicted octanol–water partition coefficient (Wildman–Crippen LogP) is 2.98. The molecule has 1 aliphatic carbocycles. The van der Waals surface area contributed by atoms with Crippen LogP contribution in [0.5, 0.6) is 0 Å². The Balaban J connectivity index is 1.51. The Hall–Kier alpha value is -3.32. The van der Waals surface area contributed by atoms with Gasteiger partial charge in [0.15, 0.2) is 0 Å². The molecule has 2 heterocycles. The molecule has 1 aromatic carbocycles. The molecule has 0 radical (unpaired) electrons. The zero-order chi connectivity index (χ0) is 33.1. The summed E-state index contributed by atoms with van der Waals surface area (Å²) in [5.74, 6) is -1.72. The average molecular weight is 629 g/mol. The van der Waals surface area contributed by atoms with Gasteiger partial charge >= 0.3 is 19.3 Å². The zero-order valence-corrected chi connectivity index (χ0v) is 27.4. The van der Waals surface area contributed by atoms with Gasteiger partial charge in [-0.1, -0.05) is 85.1 Å². The molecule has 2 aliphatic heterocycles. The van der Waals surface area contributed by atoms with Gasteiger partial charge in [0, 0.05) is 19.5 Å². The fraction of sp³-hybridized carbons (Fsp3) is 0.688. The van der Waals surface area contributed by atoms with Crippen molar-refractivity contribution in [2.24, 2.45) is 16.7 Å². The summed E-state index contributed by atoms with van der Waals surface area (Å²) in [5, 5.41) is 25.5. The van der Waals surface area contributed by atoms with Crippen molar-refractivity contribution in [2.45, 2.75) is 111 Å². The molecule has 4 amide bonds. The van der Waals surface area contributed by atoms with Crippen LogP contribution in [0.15, 0.2) is 24.3 Å². The SMILES string of the molecule is CC(C)(C)COC(=O)N[C@H](C(=O)N1C[C@H](OC(=O)N2Cc3ccccc3C2)C[C@H]1C(=O)N[C@@H](CC1CCC1)B(O)O)C(C)(C)C. The molecule has 3 aliphatic rings. The first-order valence-electron chi connectivity index (χ1n) is 15.9. The molecule has 1 saturated carbocycles. The highest BCUT2D eigenvalue weighted by atomic mass is 16.6. The van der Waals surface area contributed by atoms with Crippen molar-refractivity contribution in [1.82, 2.24) is 20.4 Å². The molecule has 4 atom stereocenters. The number of rotatable bonds is 9. The fourth-order valence-electron chi connectivity index (χ4n) is 5.93. The van der Waals surface area contributed by atoms with E-state index in [0.717, 1.165) is 30.4 Å². The standard InChI is InChI=1S/C32H49BN4O8/c1-31(2,3)19-44-29(40)35-26(32(4,5)6)28(39)37-18-23(45-30(41)36-16-21-12-7-8-13-22(21)17-36)15-24(37)27(38)34-25(33(42)43)14-20-10-9-11-20/h7-8,12-13,20,23-26,42-43H,9-11,14-19H2,1-6H3,(H,34,38)(H,35,40)/t23-,24+,25+,26-/m1/s1. The van der Waals surface area contributed by atoms with Crippen LogP contribution in [-0.4, -0.2) is 88.2 Å². The summed E-state index contributed by atoms with van der Waals surface area (Å²) < 4.78 is 11.2. The van der Waals surface area contributed by atoms with Crippen molar-refractivity contribution < 1.29 is 38.7 Å². The summed E-state index contributed by atoms with van der Waals surface area (Å²) in [6, 6.07) is 5.62. The number of carbonyl (C=O) groups excluding carboxylic acids is 4. The Labute approximate surface area is 266 Å². The van der Waals surface area contributed by atoms with E-state index in [1.807, 2.05) is 45.0 Å². The lowest BCUT2D eigenvalue weighted by atomic mass is 9.69. The van der Waals surface area contributed by atoms with Crippen molar-refractivity contribution in [3.63, 3.8) is 0 Å². The van der Waals surface area contributed by atoms with E-state index in [9.17, 15) is 29.2 Å². The smallest absolute Gasteiger partial charge is 0.449 e. The second kappa shape index (κ2) is 14.0. The Morgan fingerprint density at radius 2 is 1.62 bits per heavy atom. The van der Waals surface area contributed by atoms with Gasteiger partial charge in [0.05, 0.1) is 19.1 Å². The number of fused-ring (bicyclic) bond motifs is 1. The van der Waals surface area contributed by atoms with Gasteiger partial charge in [0.1, 0.15) is 18.2 Å². The number of carbonyl (C=O) groups is 4. The van der Waals surface area contributed by atoms with Gasteiger partial charge in [-0.05, 0) is 34.3 Å². The lowest BCUT2D eigenvalue weighted by Crippen LogP contribution is -2.59. The molecule has 12 nitrogen and oxygen atoms in total. The fourth-order valence-corrected chi connectivity index (χ4v) is 5.93. The second-order valence-electron chi connectivity index (χ2n) is 15.0. The second-order valence-corrected chi connectivity index (χ2v) is 15.0. The summed E-state index contributed by atoms with van der Waals surface area (Å²) in [7, 11) is -1.77. The molecule has 45 heavy (non-hydrogen) atoms. The van der Waals surface area contributed by atoms with Crippen LogP contribution in [-0.2, 0) is 32.2 Å². The molecule has 4 rings (SSSR count). The van der Waals surface area contributed by atoms with Gasteiger partial charge in [-0.3, -0.25) is 14.5 Å². The summed E-state index contributed by atoms with van der Waals surface area (Å²) in [4.78, 5) is 56.8. The van der Waals surface area contributed by atoms with Crippen LogP contribution in [0.2, 0.25) is 0 Å². The highest BCUT2D eigenvalue weighted by molar-refractivity contribution is 6.43. The number of nitrogens with zero attached hydrogens (tertiary/aromatic N) is 2. The number of ether oxygens (including phenoxy) is 2. The minimum atomic E-state index is -1.77. The topological polar surface area (TPSA) is 158 Å². The van der Waals surface area contributed by atoms with Gasteiger partial charge in [-0.2, -0.15) is 0 Å². The Morgan fingerprint density at radius 3 is 2.13 bits per heavy atom. The third kappa shape index (κ3) is 9.13. The maximum absolute atomic E-state index is 14.2. The van der Waals surface area contributed by atoms with Crippen LogP contribution in [0.25, 0.3) is 0 Å². The van der Waals surface area contributed by atoms with E-state index in [1.54, 1.807) is 25.7 Å². The predicted molar refractivity (Wildman–Crippen MR) is 167 cm³/mol. The van der Waals surface area contributed by atoms with Crippen LogP contribution in [0.3, 0.4) is 0 Å². The molecular formula is C32H49BN4O8. The minimum Gasteiger partial charge on any atom is -0.449 e. The number of likely N-dealkylation sites (tertiary alicyclic amines) is 1. The van der Waals surface area contributed by atoms with E-state index >= 15 is 0 Å². The Morgan fingerprint density at radius 1 is 1.00 bits per heavy atom. The molecule has 0 aromatic heterocycles. The van der Waals surface area contributed by atoms with Crippen LogP contribution in [0.4, 0.5) is 9.59 Å². The van der Waals surface area contributed by atoms with Crippen molar-refractivity contribution in [2.75, 3.05) is 13.2 Å². The maximum Gasteiger partial charge on any atom is 0.475 e. The van der Waals surface area contributed by atoms with Crippen molar-refractivity contribution >= 4 is 31.1 Å². The number of hydrogen-bond acceptors (Lipinski definition) is 8. The van der Waals surface area contributed by atoms with E-state index in [4.69, 9.17) is 9.47 Å². The van der Waals surface area contributed by atoms with E-state index in [2.05, 4.69) is 10.6 Å². The first-order chi connectivity index (χ1) is 21.0. The van der Waals surface area contributed by atoms with Gasteiger partial charge in [-0.25, -0.2) is 9.59 Å². The van der Waals surface area contributed by atoms with Crippen molar-refractivity contribution in [3.8, 4) is 0 Å². The number of benzene rings is 1. The normalized spacial score (nSPS) is 21.3. The quantitative estimate of drug-likeness (QED) is 0.304. The van der Waals surface area contributed by atoms with Gasteiger partial charge in [-0.15, -0.1) is 0 Å². The van der Waals surface area contributed by atoms with E-state index in [0.29, 0.717) is 19.5 Å². The summed E-state index contributed by atoms with van der Waals surface area (Å²) in [6.45, 7) is 12.0. The van der Waals surface area contributed by atoms with Crippen molar-refractivity contribution in [3.05, 3.63) is 35.4 Å². The zero-order valence-electron chi connectivity index (χ0n) is 27.4. The van der Waals surface area contributed by atoms with E-state index in [-0.39, 0.29) is 30.9 Å². The third-order valence-electron chi connectivity index (χ3n) is 8.73. The van der Waals surface area contributed by atoms with Crippen LogP contribution in [0.1, 0.15) is 84.8 Å². The van der Waals surface area contributed by atoms with Gasteiger partial charge < -0.3 is 35.1 Å². The van der Waals surface area contributed by atoms with E-state index in [1.165, 1.54) is 4.90 Å². The Kier molecular flexibility index (Phi) is 10.7. The number of amides is 4. The van der Waals surface area contributed by atoms with Crippen LogP contribution >= 0.6 is 0 Å². The molecule has 0 spiro atoms. The maximum atomic E-state index is 14.2. The molecule has 13 heteroatoms. The minimum absolute atomic E-state index is 0.0209. The molecule has 0 unspecified atom stereocenters. The monoisotopic (exact) mass is 628 g/mol. The lowest BCUT2D eigenvalue weighted by molar-refractivity contribution is -0.142. The number of hydrogen-bond donors (Lipinski definition) is 4. The largest absolute Gasteiger partial charge is 0.475 e. The lowest BCUT2D eigenvalue weighted by Gasteiger charge is -2.36. The van der Waals surface area contributed by atoms with Crippen LogP contribution < -0.4 is 10.6 Å². The first kappa shape index (κ1) is 34.6. The molecule has 0 bridgehead atoms. The van der Waals surface area contributed by atoms with Crippen LogP contribution in [0, 0.1) is 16.7 Å². The first-order valence-corrected chi connectivity index (χ1v) is 15.9. The molecular weight excluding hydrogens is 579 g/mol. The summed E-state index contributed by atoms with van der Waals surface area (Å²) >= 11 is 0. The van der Waals surface area contributed by atoms with Crippen molar-refractivity contribution in [1.29, 1.82) is 0 Å². The Bertz CT molecular complexity index is 1220.